The van der Waals surface area contributed by atoms with Gasteiger partial charge in [-0.2, -0.15) is 8.42 Å². The Morgan fingerprint density at radius 1 is 0.894 bits per heavy atom. The maximum absolute atomic E-state index is 12.6. The fourth-order valence-electron chi connectivity index (χ4n) is 5.03. The molecule has 0 saturated heterocycles. The molecular formula is C37H37ClN2O6S. The van der Waals surface area contributed by atoms with E-state index in [-0.39, 0.29) is 29.5 Å². The Morgan fingerprint density at radius 2 is 1.51 bits per heavy atom. The van der Waals surface area contributed by atoms with Crippen LogP contribution in [0.3, 0.4) is 0 Å². The number of carbonyl (C=O) groups is 1. The van der Waals surface area contributed by atoms with E-state index in [4.69, 9.17) is 20.9 Å². The number of carbonyl (C=O) groups excluding carboxylic acids is 1. The first kappa shape index (κ1) is 33.9. The van der Waals surface area contributed by atoms with Crippen molar-refractivity contribution in [1.82, 2.24) is 10.5 Å². The molecular weight excluding hydrogens is 636 g/mol. The van der Waals surface area contributed by atoms with Crippen LogP contribution < -0.4 is 10.1 Å². The van der Waals surface area contributed by atoms with Crippen molar-refractivity contribution in [2.75, 3.05) is 19.4 Å². The highest BCUT2D eigenvalue weighted by Gasteiger charge is 2.22. The van der Waals surface area contributed by atoms with Crippen molar-refractivity contribution in [2.45, 2.75) is 38.5 Å². The molecule has 1 atom stereocenters. The third-order valence-corrected chi connectivity index (χ3v) is 9.26. The van der Waals surface area contributed by atoms with Gasteiger partial charge in [0.05, 0.1) is 18.6 Å². The van der Waals surface area contributed by atoms with Gasteiger partial charge < -0.3 is 14.6 Å². The highest BCUT2D eigenvalue weighted by molar-refractivity contribution is 7.86. The molecule has 0 radical (unpaired) electrons. The van der Waals surface area contributed by atoms with E-state index in [2.05, 4.69) is 59.7 Å². The molecule has 4 aromatic carbocycles. The molecule has 0 saturated carbocycles. The van der Waals surface area contributed by atoms with E-state index in [0.717, 1.165) is 29.5 Å². The summed E-state index contributed by atoms with van der Waals surface area (Å²) in [4.78, 5) is 12.6. The predicted molar refractivity (Wildman–Crippen MR) is 184 cm³/mol. The van der Waals surface area contributed by atoms with Gasteiger partial charge in [-0.15, -0.1) is 0 Å². The number of amides is 1. The van der Waals surface area contributed by atoms with Gasteiger partial charge in [-0.1, -0.05) is 73.9 Å². The number of halogens is 1. The summed E-state index contributed by atoms with van der Waals surface area (Å²) in [6, 6.07) is 32.6. The van der Waals surface area contributed by atoms with E-state index in [9.17, 15) is 13.2 Å². The smallest absolute Gasteiger partial charge is 0.268 e. The van der Waals surface area contributed by atoms with Crippen LogP contribution in [0.15, 0.2) is 108 Å². The summed E-state index contributed by atoms with van der Waals surface area (Å²) in [5.74, 6) is 1.23. The van der Waals surface area contributed by atoms with Crippen LogP contribution in [-0.2, 0) is 26.1 Å². The number of benzene rings is 4. The summed E-state index contributed by atoms with van der Waals surface area (Å²) >= 11 is 5.98. The monoisotopic (exact) mass is 672 g/mol. The molecule has 0 aliphatic heterocycles. The zero-order valence-corrected chi connectivity index (χ0v) is 28.3. The van der Waals surface area contributed by atoms with Gasteiger partial charge in [-0.05, 0) is 89.2 Å². The number of nitrogens with one attached hydrogen (secondary N) is 1. The van der Waals surface area contributed by atoms with Gasteiger partial charge in [0.15, 0.2) is 5.76 Å². The lowest BCUT2D eigenvalue weighted by Gasteiger charge is -2.21. The van der Waals surface area contributed by atoms with Crippen molar-refractivity contribution in [2.24, 2.45) is 0 Å². The molecule has 1 aromatic heterocycles. The number of aromatic nitrogens is 1. The lowest BCUT2D eigenvalue weighted by molar-refractivity contribution is 0.0956. The number of hydrogen-bond donors (Lipinski definition) is 1. The Hall–Kier alpha value is -4.44. The van der Waals surface area contributed by atoms with E-state index in [1.807, 2.05) is 54.6 Å². The zero-order chi connectivity index (χ0) is 33.6. The first-order chi connectivity index (χ1) is 22.4. The summed E-state index contributed by atoms with van der Waals surface area (Å²) in [6.07, 6.45) is 0.614. The van der Waals surface area contributed by atoms with E-state index in [1.54, 1.807) is 24.3 Å². The predicted octanol–water partition coefficient (Wildman–Crippen LogP) is 8.17. The average molecular weight is 673 g/mol. The minimum absolute atomic E-state index is 0.0165. The number of ether oxygens (including phenoxy) is 1. The van der Waals surface area contributed by atoms with Gasteiger partial charge in [0, 0.05) is 34.7 Å². The van der Waals surface area contributed by atoms with Gasteiger partial charge >= 0.3 is 0 Å². The van der Waals surface area contributed by atoms with Crippen molar-refractivity contribution in [3.8, 4) is 22.8 Å². The van der Waals surface area contributed by atoms with Crippen molar-refractivity contribution >= 4 is 27.6 Å². The third-order valence-electron chi connectivity index (χ3n) is 7.80. The van der Waals surface area contributed by atoms with Crippen molar-refractivity contribution < 1.29 is 26.7 Å². The Morgan fingerprint density at radius 3 is 2.11 bits per heavy atom. The summed E-state index contributed by atoms with van der Waals surface area (Å²) < 4.78 is 39.3. The van der Waals surface area contributed by atoms with Crippen molar-refractivity contribution in [3.05, 3.63) is 136 Å². The normalized spacial score (nSPS) is 12.4. The second kappa shape index (κ2) is 14.5. The number of nitrogens with zero attached hydrogens (tertiary/aromatic N) is 1. The van der Waals surface area contributed by atoms with Crippen LogP contribution in [0.2, 0.25) is 5.02 Å². The molecule has 5 rings (SSSR count). The second-order valence-electron chi connectivity index (χ2n) is 12.2. The minimum atomic E-state index is -3.65. The second-order valence-corrected chi connectivity index (χ2v) is 14.5. The Bertz CT molecular complexity index is 1900. The molecule has 8 nitrogen and oxygen atoms in total. The molecule has 47 heavy (non-hydrogen) atoms. The Kier molecular flexibility index (Phi) is 10.5. The average Bonchev–Trinajstić information content (AvgIpc) is 3.55. The zero-order valence-electron chi connectivity index (χ0n) is 26.7. The molecule has 0 aliphatic carbocycles. The highest BCUT2D eigenvalue weighted by atomic mass is 35.5. The fraction of sp³-hybridized carbons (Fsp3) is 0.243. The molecule has 10 heteroatoms. The molecule has 5 aromatic rings. The van der Waals surface area contributed by atoms with E-state index in [1.165, 1.54) is 5.56 Å². The highest BCUT2D eigenvalue weighted by Crippen LogP contribution is 2.34. The SMILES string of the molecule is COS(=O)(=O)CCNC(=O)c1ccc(CC(c2ccc(C(C)(C)C)cc2)c2cc(-c3ccc(Oc4ccc(Cl)cc4)cc3)on2)cc1. The van der Waals surface area contributed by atoms with Crippen LogP contribution in [0.5, 0.6) is 11.5 Å². The maximum atomic E-state index is 12.6. The van der Waals surface area contributed by atoms with Gasteiger partial charge in [0.25, 0.3) is 16.0 Å². The third kappa shape index (κ3) is 9.10. The standard InChI is InChI=1S/C37H37ClN2O6S/c1-37(2,3)29-13-9-26(10-14-29)33(23-25-5-7-28(8-6-25)36(41)39-21-22-47(42,43)44-4)34-24-35(46-40-34)27-11-17-31(18-12-27)45-32-19-15-30(38)16-20-32/h5-20,24,33H,21-23H2,1-4H3,(H,39,41). The van der Waals surface area contributed by atoms with Crippen molar-refractivity contribution in [3.63, 3.8) is 0 Å². The van der Waals surface area contributed by atoms with Gasteiger partial charge in [0.2, 0.25) is 0 Å². The Labute approximate surface area is 280 Å². The van der Waals surface area contributed by atoms with Crippen LogP contribution in [-0.4, -0.2) is 38.9 Å². The summed E-state index contributed by atoms with van der Waals surface area (Å²) in [5.41, 5.74) is 5.42. The molecule has 1 N–H and O–H groups in total. The largest absolute Gasteiger partial charge is 0.457 e. The molecule has 1 amide bonds. The van der Waals surface area contributed by atoms with Crippen molar-refractivity contribution in [1.29, 1.82) is 0 Å². The van der Waals surface area contributed by atoms with Gasteiger partial charge in [-0.3, -0.25) is 8.98 Å². The minimum Gasteiger partial charge on any atom is -0.457 e. The van der Waals surface area contributed by atoms with Crippen LogP contribution in [0.1, 0.15) is 59.4 Å². The topological polar surface area (TPSA) is 108 Å². The van der Waals surface area contributed by atoms with Crippen LogP contribution >= 0.6 is 11.6 Å². The number of hydrogen-bond acceptors (Lipinski definition) is 7. The summed E-state index contributed by atoms with van der Waals surface area (Å²) in [7, 11) is -2.55. The maximum Gasteiger partial charge on any atom is 0.268 e. The molecule has 1 unspecified atom stereocenters. The molecule has 0 spiro atoms. The summed E-state index contributed by atoms with van der Waals surface area (Å²) in [5, 5.41) is 7.77. The molecule has 0 bridgehead atoms. The first-order valence-corrected chi connectivity index (χ1v) is 17.1. The van der Waals surface area contributed by atoms with Gasteiger partial charge in [-0.25, -0.2) is 0 Å². The van der Waals surface area contributed by atoms with Crippen LogP contribution in [0, 0.1) is 0 Å². The first-order valence-electron chi connectivity index (χ1n) is 15.2. The lowest BCUT2D eigenvalue weighted by atomic mass is 9.83. The van der Waals surface area contributed by atoms with Crippen LogP contribution in [0.25, 0.3) is 11.3 Å². The molecule has 244 valence electrons. The van der Waals surface area contributed by atoms with E-state index < -0.39 is 10.1 Å². The molecule has 0 fully saturated rings. The van der Waals surface area contributed by atoms with Crippen LogP contribution in [0.4, 0.5) is 0 Å². The van der Waals surface area contributed by atoms with E-state index >= 15 is 0 Å². The number of rotatable bonds is 12. The Balaban J connectivity index is 1.34. The summed E-state index contributed by atoms with van der Waals surface area (Å²) in [6.45, 7) is 6.51. The van der Waals surface area contributed by atoms with Gasteiger partial charge in [0.1, 0.15) is 11.5 Å². The van der Waals surface area contributed by atoms with E-state index in [0.29, 0.717) is 34.3 Å². The molecule has 1 heterocycles. The quantitative estimate of drug-likeness (QED) is 0.133. The fourth-order valence-corrected chi connectivity index (χ4v) is 5.67. The lowest BCUT2D eigenvalue weighted by Crippen LogP contribution is -2.29. The molecule has 0 aliphatic rings.